The van der Waals surface area contributed by atoms with Crippen LogP contribution in [0.25, 0.3) is 16.7 Å². The summed E-state index contributed by atoms with van der Waals surface area (Å²) in [6.45, 7) is 4.27. The van der Waals surface area contributed by atoms with Gasteiger partial charge in [0.25, 0.3) is 0 Å². The number of esters is 1. The standard InChI is InChI=1S/C19H18O2/c1-3-21-19(20)18-13(2)17(18)16-11-9-15(10-12-16)14-7-5-4-6-8-14/h4-12,18H,3H2,1-2H3. The van der Waals surface area contributed by atoms with E-state index in [0.717, 1.165) is 16.7 Å². The summed E-state index contributed by atoms with van der Waals surface area (Å²) in [5.74, 6) is -0.260. The van der Waals surface area contributed by atoms with Crippen molar-refractivity contribution in [1.82, 2.24) is 0 Å². The molecule has 0 radical (unpaired) electrons. The zero-order valence-electron chi connectivity index (χ0n) is 12.3. The molecule has 0 fully saturated rings. The molecule has 2 aromatic rings. The Kier molecular flexibility index (Phi) is 3.61. The molecule has 2 nitrogen and oxygen atoms in total. The molecule has 1 atom stereocenters. The molecule has 0 saturated carbocycles. The van der Waals surface area contributed by atoms with Gasteiger partial charge in [-0.15, -0.1) is 0 Å². The number of carbonyl (C=O) groups excluding carboxylic acids is 1. The Bertz CT molecular complexity index is 681. The van der Waals surface area contributed by atoms with Crippen LogP contribution in [0.15, 0.2) is 60.2 Å². The first-order valence-electron chi connectivity index (χ1n) is 7.25. The lowest BCUT2D eigenvalue weighted by Gasteiger charge is -2.04. The summed E-state index contributed by atoms with van der Waals surface area (Å²) in [5.41, 5.74) is 5.75. The summed E-state index contributed by atoms with van der Waals surface area (Å²) < 4.78 is 5.10. The second-order valence-electron chi connectivity index (χ2n) is 5.23. The van der Waals surface area contributed by atoms with Gasteiger partial charge in [-0.2, -0.15) is 0 Å². The highest BCUT2D eigenvalue weighted by Gasteiger charge is 2.41. The first-order chi connectivity index (χ1) is 10.2. The predicted octanol–water partition coefficient (Wildman–Crippen LogP) is 4.32. The minimum atomic E-state index is -0.132. The van der Waals surface area contributed by atoms with Gasteiger partial charge in [-0.05, 0) is 41.7 Å². The fourth-order valence-electron chi connectivity index (χ4n) is 2.72. The maximum Gasteiger partial charge on any atom is 0.317 e. The Morgan fingerprint density at radius 2 is 1.52 bits per heavy atom. The number of ether oxygens (including phenoxy) is 1. The largest absolute Gasteiger partial charge is 0.465 e. The van der Waals surface area contributed by atoms with E-state index < -0.39 is 0 Å². The zero-order chi connectivity index (χ0) is 14.8. The van der Waals surface area contributed by atoms with Crippen molar-refractivity contribution >= 4 is 11.5 Å². The second-order valence-corrected chi connectivity index (χ2v) is 5.23. The molecule has 0 aliphatic heterocycles. The molecular weight excluding hydrogens is 260 g/mol. The maximum atomic E-state index is 11.8. The lowest BCUT2D eigenvalue weighted by Crippen LogP contribution is -2.08. The Labute approximate surface area is 125 Å². The van der Waals surface area contributed by atoms with Gasteiger partial charge in [-0.25, -0.2) is 0 Å². The zero-order valence-corrected chi connectivity index (χ0v) is 12.3. The van der Waals surface area contributed by atoms with E-state index in [1.807, 2.05) is 32.0 Å². The monoisotopic (exact) mass is 278 g/mol. The molecule has 2 heteroatoms. The molecule has 0 amide bonds. The quantitative estimate of drug-likeness (QED) is 0.778. The number of rotatable bonds is 4. The van der Waals surface area contributed by atoms with Gasteiger partial charge in [-0.3, -0.25) is 4.79 Å². The summed E-state index contributed by atoms with van der Waals surface area (Å²) >= 11 is 0. The minimum Gasteiger partial charge on any atom is -0.465 e. The highest BCUT2D eigenvalue weighted by Crippen LogP contribution is 2.47. The maximum absolute atomic E-state index is 11.8. The molecule has 21 heavy (non-hydrogen) atoms. The van der Waals surface area contributed by atoms with Crippen LogP contribution in [0.3, 0.4) is 0 Å². The van der Waals surface area contributed by atoms with Gasteiger partial charge < -0.3 is 4.74 Å². The van der Waals surface area contributed by atoms with Gasteiger partial charge in [-0.1, -0.05) is 54.6 Å². The Morgan fingerprint density at radius 1 is 0.952 bits per heavy atom. The van der Waals surface area contributed by atoms with Crippen LogP contribution in [0.5, 0.6) is 0 Å². The van der Waals surface area contributed by atoms with Crippen molar-refractivity contribution < 1.29 is 9.53 Å². The van der Waals surface area contributed by atoms with E-state index in [2.05, 4.69) is 36.4 Å². The smallest absolute Gasteiger partial charge is 0.317 e. The van der Waals surface area contributed by atoms with Gasteiger partial charge in [0, 0.05) is 0 Å². The van der Waals surface area contributed by atoms with Gasteiger partial charge in [0.15, 0.2) is 0 Å². The molecule has 1 aliphatic carbocycles. The first kappa shape index (κ1) is 13.6. The summed E-state index contributed by atoms with van der Waals surface area (Å²) in [6, 6.07) is 18.6. The third-order valence-corrected chi connectivity index (χ3v) is 3.89. The van der Waals surface area contributed by atoms with E-state index in [-0.39, 0.29) is 11.9 Å². The molecule has 0 heterocycles. The van der Waals surface area contributed by atoms with E-state index >= 15 is 0 Å². The fraction of sp³-hybridized carbons (Fsp3) is 0.211. The minimum absolute atomic E-state index is 0.128. The van der Waals surface area contributed by atoms with Gasteiger partial charge >= 0.3 is 5.97 Å². The summed E-state index contributed by atoms with van der Waals surface area (Å²) in [4.78, 5) is 11.8. The van der Waals surface area contributed by atoms with E-state index in [0.29, 0.717) is 6.61 Å². The molecule has 0 bridgehead atoms. The molecule has 3 rings (SSSR count). The average molecular weight is 278 g/mol. The molecule has 0 N–H and O–H groups in total. The van der Waals surface area contributed by atoms with Crippen LogP contribution < -0.4 is 0 Å². The average Bonchev–Trinajstić information content (AvgIpc) is 3.20. The van der Waals surface area contributed by atoms with Gasteiger partial charge in [0.05, 0.1) is 6.61 Å². The molecule has 0 saturated heterocycles. The summed E-state index contributed by atoms with van der Waals surface area (Å²) in [7, 11) is 0. The first-order valence-corrected chi connectivity index (χ1v) is 7.25. The van der Waals surface area contributed by atoms with Crippen LogP contribution in [0.2, 0.25) is 0 Å². The van der Waals surface area contributed by atoms with Crippen molar-refractivity contribution in [3.05, 3.63) is 65.7 Å². The lowest BCUT2D eigenvalue weighted by molar-refractivity contribution is -0.143. The van der Waals surface area contributed by atoms with E-state index in [1.54, 1.807) is 0 Å². The molecule has 1 unspecified atom stereocenters. The molecule has 2 aromatic carbocycles. The predicted molar refractivity (Wildman–Crippen MR) is 84.6 cm³/mol. The topological polar surface area (TPSA) is 26.3 Å². The van der Waals surface area contributed by atoms with Crippen LogP contribution in [0, 0.1) is 5.92 Å². The van der Waals surface area contributed by atoms with Crippen molar-refractivity contribution in [2.75, 3.05) is 6.61 Å². The Morgan fingerprint density at radius 3 is 2.14 bits per heavy atom. The second kappa shape index (κ2) is 5.57. The van der Waals surface area contributed by atoms with E-state index in [4.69, 9.17) is 4.74 Å². The fourth-order valence-corrected chi connectivity index (χ4v) is 2.72. The van der Waals surface area contributed by atoms with Crippen LogP contribution in [0.1, 0.15) is 19.4 Å². The lowest BCUT2D eigenvalue weighted by atomic mass is 10.0. The summed E-state index contributed by atoms with van der Waals surface area (Å²) in [5, 5.41) is 0. The van der Waals surface area contributed by atoms with Crippen molar-refractivity contribution in [2.24, 2.45) is 5.92 Å². The van der Waals surface area contributed by atoms with Crippen LogP contribution in [-0.4, -0.2) is 12.6 Å². The molecule has 0 aromatic heterocycles. The summed E-state index contributed by atoms with van der Waals surface area (Å²) in [6.07, 6.45) is 0. The van der Waals surface area contributed by atoms with Crippen molar-refractivity contribution in [2.45, 2.75) is 13.8 Å². The van der Waals surface area contributed by atoms with Crippen molar-refractivity contribution in [3.63, 3.8) is 0 Å². The van der Waals surface area contributed by atoms with E-state index in [1.165, 1.54) is 11.1 Å². The number of hydrogen-bond acceptors (Lipinski definition) is 2. The van der Waals surface area contributed by atoms with Crippen molar-refractivity contribution in [1.29, 1.82) is 0 Å². The van der Waals surface area contributed by atoms with Crippen LogP contribution >= 0.6 is 0 Å². The van der Waals surface area contributed by atoms with Crippen molar-refractivity contribution in [3.8, 4) is 11.1 Å². The Balaban J connectivity index is 1.78. The Hall–Kier alpha value is -2.35. The van der Waals surface area contributed by atoms with E-state index in [9.17, 15) is 4.79 Å². The molecule has 1 aliphatic rings. The van der Waals surface area contributed by atoms with Crippen LogP contribution in [-0.2, 0) is 9.53 Å². The third kappa shape index (κ3) is 2.62. The highest BCUT2D eigenvalue weighted by atomic mass is 16.5. The third-order valence-electron chi connectivity index (χ3n) is 3.89. The van der Waals surface area contributed by atoms with Gasteiger partial charge in [0.2, 0.25) is 0 Å². The molecule has 0 spiro atoms. The molecular formula is C19H18O2. The normalized spacial score (nSPS) is 16.8. The van der Waals surface area contributed by atoms with Gasteiger partial charge in [0.1, 0.15) is 5.92 Å². The number of carbonyl (C=O) groups is 1. The highest BCUT2D eigenvalue weighted by molar-refractivity contribution is 6.03. The molecule has 106 valence electrons. The number of hydrogen-bond donors (Lipinski definition) is 0. The SMILES string of the molecule is CCOC(=O)C1C(C)=C1c1ccc(-c2ccccc2)cc1. The van der Waals surface area contributed by atoms with Crippen LogP contribution in [0.4, 0.5) is 0 Å². The number of benzene rings is 2.